The monoisotopic (exact) mass is 787 g/mol. The molecule has 0 aliphatic heterocycles. The van der Waals surface area contributed by atoms with Crippen LogP contribution in [0.2, 0.25) is 0 Å². The molecule has 56 heavy (non-hydrogen) atoms. The number of carboxylic acids is 1. The molecule has 0 saturated heterocycles. The number of hydrogen-bond acceptors (Lipinski definition) is 8. The number of nitrogens with one attached hydrogen (secondary N) is 4. The van der Waals surface area contributed by atoms with Crippen LogP contribution < -0.4 is 16.0 Å². The van der Waals surface area contributed by atoms with Crippen LogP contribution in [0.1, 0.15) is 75.6 Å². The number of aliphatic carboxylic acids is 1. The molecular weight excluding hydrogens is 733 g/mol. The minimum Gasteiger partial charge on any atom is -0.481 e. The van der Waals surface area contributed by atoms with E-state index in [1.54, 1.807) is 6.20 Å². The molecule has 1 aliphatic rings. The van der Waals surface area contributed by atoms with Crippen molar-refractivity contribution in [1.29, 1.82) is 0 Å². The van der Waals surface area contributed by atoms with Gasteiger partial charge in [0.25, 0.3) is 0 Å². The lowest BCUT2D eigenvalue weighted by atomic mass is 9.86. The first-order valence-corrected chi connectivity index (χ1v) is 21.0. The van der Waals surface area contributed by atoms with Gasteiger partial charge in [-0.3, -0.25) is 18.9 Å². The normalized spacial score (nSPS) is 16.0. The third kappa shape index (κ3) is 13.3. The second-order valence-electron chi connectivity index (χ2n) is 15.0. The number of nitrogens with zero attached hydrogens (tertiary/aromatic N) is 1. The maximum Gasteiger partial charge on any atom is 0.408 e. The number of alkyl carbamates (subject to hydrolysis) is 1. The van der Waals surface area contributed by atoms with Crippen molar-refractivity contribution in [2.24, 2.45) is 17.8 Å². The number of carboxylic acid groups (broad SMARTS) is 1. The molecule has 14 heteroatoms. The number of rotatable bonds is 20. The van der Waals surface area contributed by atoms with E-state index in [0.29, 0.717) is 18.5 Å². The third-order valence-electron chi connectivity index (χ3n) is 10.1. The summed E-state index contributed by atoms with van der Waals surface area (Å²) < 4.78 is 24.9. The number of carbonyl (C=O) groups is 4. The van der Waals surface area contributed by atoms with Crippen molar-refractivity contribution in [3.05, 3.63) is 102 Å². The zero-order chi connectivity index (χ0) is 39.9. The second kappa shape index (κ2) is 21.3. The maximum atomic E-state index is 14.3. The van der Waals surface area contributed by atoms with Gasteiger partial charge in [-0.2, -0.15) is 0 Å². The fourth-order valence-corrected chi connectivity index (χ4v) is 8.58. The number of amides is 3. The Kier molecular flexibility index (Phi) is 16.1. The third-order valence-corrected chi connectivity index (χ3v) is 11.5. The molecule has 0 radical (unpaired) electrons. The zero-order valence-electron chi connectivity index (χ0n) is 32.1. The first-order chi connectivity index (χ1) is 27.0. The minimum atomic E-state index is -2.88. The summed E-state index contributed by atoms with van der Waals surface area (Å²) in [4.78, 5) is 60.8. The highest BCUT2D eigenvalue weighted by molar-refractivity contribution is 7.39. The number of aromatic amines is 1. The van der Waals surface area contributed by atoms with Crippen LogP contribution in [0.15, 0.2) is 85.3 Å². The summed E-state index contributed by atoms with van der Waals surface area (Å²) in [5.41, 5.74) is 2.09. The number of ether oxygens (including phenoxy) is 1. The number of hydrogen-bond donors (Lipinski definition) is 5. The Morgan fingerprint density at radius 1 is 0.875 bits per heavy atom. The summed E-state index contributed by atoms with van der Waals surface area (Å²) in [6.07, 6.45) is 7.05. The van der Waals surface area contributed by atoms with E-state index in [-0.39, 0.29) is 37.4 Å². The van der Waals surface area contributed by atoms with E-state index >= 15 is 0 Å². The maximum absolute atomic E-state index is 14.3. The van der Waals surface area contributed by atoms with Crippen molar-refractivity contribution in [3.63, 3.8) is 0 Å². The largest absolute Gasteiger partial charge is 0.481 e. The van der Waals surface area contributed by atoms with Gasteiger partial charge in [0.15, 0.2) is 8.03 Å². The molecule has 13 nitrogen and oxygen atoms in total. The average molecular weight is 788 g/mol. The van der Waals surface area contributed by atoms with Crippen LogP contribution in [0.4, 0.5) is 4.79 Å². The molecule has 1 aliphatic carbocycles. The molecule has 3 aromatic carbocycles. The van der Waals surface area contributed by atoms with Crippen LogP contribution in [-0.4, -0.2) is 63.4 Å². The van der Waals surface area contributed by atoms with Gasteiger partial charge in [0.2, 0.25) is 11.8 Å². The highest BCUT2D eigenvalue weighted by atomic mass is 31.1. The summed E-state index contributed by atoms with van der Waals surface area (Å²) in [5, 5.41) is 20.1. The number of carbonyl (C=O) groups excluding carboxylic acids is 3. The number of benzene rings is 3. The first kappa shape index (κ1) is 42.1. The molecule has 300 valence electrons. The van der Waals surface area contributed by atoms with Crippen LogP contribution in [0, 0.1) is 17.8 Å². The van der Waals surface area contributed by atoms with Crippen molar-refractivity contribution < 1.29 is 38.1 Å². The number of H-pyrrole nitrogens is 1. The van der Waals surface area contributed by atoms with Crippen molar-refractivity contribution in [2.75, 3.05) is 6.16 Å². The standard InChI is InChI=1S/C42H54N5O8P/c1-28(2)20-33(41(50)51)26-56(53)55-38(21-29-12-5-3-6-13-29)47-40(49)37(23-34-24-43-27-44-34)45-39(48)36(46-42(52)54-25-30-14-7-4-8-15-30)22-32-18-11-17-31-16-9-10-19-35(31)32/h4,7-11,14-19,24,27-29,33,36-38,56H,3,5-6,12-13,20-23,25-26H2,1-2H3,(H,43,44)(H,45,48)(H,46,52)(H,47,49)(H,50,51)/t33?,36?,37-,38?/m0/s1. The van der Waals surface area contributed by atoms with Gasteiger partial charge in [-0.1, -0.05) is 119 Å². The van der Waals surface area contributed by atoms with Crippen molar-refractivity contribution in [2.45, 2.75) is 96.6 Å². The zero-order valence-corrected chi connectivity index (χ0v) is 33.1. The molecule has 1 aromatic heterocycles. The highest BCUT2D eigenvalue weighted by Gasteiger charge is 2.32. The molecule has 4 unspecified atom stereocenters. The smallest absolute Gasteiger partial charge is 0.408 e. The van der Waals surface area contributed by atoms with E-state index in [9.17, 15) is 28.8 Å². The first-order valence-electron chi connectivity index (χ1n) is 19.5. The lowest BCUT2D eigenvalue weighted by Crippen LogP contribution is -2.56. The summed E-state index contributed by atoms with van der Waals surface area (Å²) in [5.74, 6) is -2.80. The van der Waals surface area contributed by atoms with Gasteiger partial charge in [0.05, 0.1) is 17.9 Å². The van der Waals surface area contributed by atoms with Gasteiger partial charge in [-0.05, 0) is 46.6 Å². The van der Waals surface area contributed by atoms with Crippen LogP contribution in [-0.2, 0) is 47.7 Å². The van der Waals surface area contributed by atoms with Crippen LogP contribution in [0.3, 0.4) is 0 Å². The predicted octanol–water partition coefficient (Wildman–Crippen LogP) is 6.78. The Bertz CT molecular complexity index is 1900. The Hall–Kier alpha value is -5.00. The van der Waals surface area contributed by atoms with Crippen molar-refractivity contribution >= 4 is 42.7 Å². The van der Waals surface area contributed by atoms with Crippen LogP contribution in [0.25, 0.3) is 10.8 Å². The molecule has 1 fully saturated rings. The summed E-state index contributed by atoms with van der Waals surface area (Å²) >= 11 is 0. The van der Waals surface area contributed by atoms with E-state index in [1.165, 1.54) is 6.33 Å². The van der Waals surface area contributed by atoms with Crippen LogP contribution >= 0.6 is 8.03 Å². The molecule has 1 saturated carbocycles. The molecule has 0 bridgehead atoms. The number of aromatic nitrogens is 2. The Morgan fingerprint density at radius 2 is 1.57 bits per heavy atom. The summed E-state index contributed by atoms with van der Waals surface area (Å²) in [7, 11) is -2.88. The number of fused-ring (bicyclic) bond motifs is 1. The minimum absolute atomic E-state index is 0.00131. The highest BCUT2D eigenvalue weighted by Crippen LogP contribution is 2.34. The van der Waals surface area contributed by atoms with E-state index in [1.807, 2.05) is 86.6 Å². The van der Waals surface area contributed by atoms with Crippen molar-refractivity contribution in [1.82, 2.24) is 25.9 Å². The Labute approximate surface area is 328 Å². The van der Waals surface area contributed by atoms with E-state index in [0.717, 1.165) is 54.0 Å². The molecule has 5 atom stereocenters. The van der Waals surface area contributed by atoms with Gasteiger partial charge >= 0.3 is 12.1 Å². The lowest BCUT2D eigenvalue weighted by Gasteiger charge is -2.29. The topological polar surface area (TPSA) is 189 Å². The fourth-order valence-electron chi connectivity index (χ4n) is 7.27. The summed E-state index contributed by atoms with van der Waals surface area (Å²) in [6.45, 7) is 3.81. The molecular formula is C42H54N5O8P. The molecule has 1 heterocycles. The van der Waals surface area contributed by atoms with Crippen molar-refractivity contribution in [3.8, 4) is 0 Å². The van der Waals surface area contributed by atoms with Gasteiger partial charge in [0, 0.05) is 25.2 Å². The van der Waals surface area contributed by atoms with Gasteiger partial charge in [-0.25, -0.2) is 9.78 Å². The fraction of sp³-hybridized carbons (Fsp3) is 0.452. The number of imidazole rings is 1. The molecule has 4 aromatic rings. The van der Waals surface area contributed by atoms with E-state index in [4.69, 9.17) is 9.26 Å². The molecule has 3 amide bonds. The Morgan fingerprint density at radius 3 is 2.29 bits per heavy atom. The quantitative estimate of drug-likeness (QED) is 0.0475. The second-order valence-corrected chi connectivity index (χ2v) is 16.4. The predicted molar refractivity (Wildman–Crippen MR) is 214 cm³/mol. The van der Waals surface area contributed by atoms with Gasteiger partial charge in [0.1, 0.15) is 24.9 Å². The van der Waals surface area contributed by atoms with E-state index < -0.39 is 56.1 Å². The Balaban J connectivity index is 1.36. The van der Waals surface area contributed by atoms with Gasteiger partial charge in [-0.15, -0.1) is 0 Å². The summed E-state index contributed by atoms with van der Waals surface area (Å²) in [6, 6.07) is 20.3. The SMILES string of the molecule is CC(C)CC(C[PH](=O)OC(CC1CCCCC1)NC(=O)[C@H](Cc1c[nH]cn1)NC(=O)C(Cc1cccc2ccccc12)NC(=O)OCc1ccccc1)C(=O)O. The van der Waals surface area contributed by atoms with Gasteiger partial charge < -0.3 is 35.3 Å². The lowest BCUT2D eigenvalue weighted by molar-refractivity contribution is -0.141. The molecule has 5 rings (SSSR count). The van der Waals surface area contributed by atoms with Crippen LogP contribution in [0.5, 0.6) is 0 Å². The average Bonchev–Trinajstić information content (AvgIpc) is 3.70. The van der Waals surface area contributed by atoms with E-state index in [2.05, 4.69) is 25.9 Å². The molecule has 0 spiro atoms. The molecule has 5 N–H and O–H groups in total.